The van der Waals surface area contributed by atoms with Crippen LogP contribution in [0.2, 0.25) is 0 Å². The SMILES string of the molecule is Cc1noc(C)c1CCC(=O)Nc1ncn(CC(=O)O)n1. The molecule has 0 bridgehead atoms. The van der Waals surface area contributed by atoms with E-state index >= 15 is 0 Å². The van der Waals surface area contributed by atoms with E-state index in [1.54, 1.807) is 6.92 Å². The molecule has 112 valence electrons. The molecule has 0 saturated heterocycles. The third-order valence-corrected chi connectivity index (χ3v) is 2.87. The molecule has 0 fully saturated rings. The average Bonchev–Trinajstić information content (AvgIpc) is 2.95. The Hall–Kier alpha value is -2.71. The van der Waals surface area contributed by atoms with Crippen LogP contribution in [-0.4, -0.2) is 36.9 Å². The number of aromatic nitrogens is 4. The smallest absolute Gasteiger partial charge is 0.325 e. The minimum absolute atomic E-state index is 0.0833. The van der Waals surface area contributed by atoms with E-state index in [0.29, 0.717) is 12.2 Å². The number of nitrogens with zero attached hydrogens (tertiary/aromatic N) is 4. The van der Waals surface area contributed by atoms with E-state index in [4.69, 9.17) is 9.63 Å². The highest BCUT2D eigenvalue weighted by Gasteiger charge is 2.12. The van der Waals surface area contributed by atoms with Gasteiger partial charge in [0.25, 0.3) is 0 Å². The van der Waals surface area contributed by atoms with Crippen LogP contribution < -0.4 is 5.32 Å². The lowest BCUT2D eigenvalue weighted by Gasteiger charge is -2.01. The highest BCUT2D eigenvalue weighted by Crippen LogP contribution is 2.14. The summed E-state index contributed by atoms with van der Waals surface area (Å²) in [6.07, 6.45) is 1.98. The summed E-state index contributed by atoms with van der Waals surface area (Å²) in [6, 6.07) is 0. The topological polar surface area (TPSA) is 123 Å². The van der Waals surface area contributed by atoms with Gasteiger partial charge in [0.2, 0.25) is 11.9 Å². The molecule has 2 aromatic heterocycles. The van der Waals surface area contributed by atoms with Crippen LogP contribution in [0.3, 0.4) is 0 Å². The van der Waals surface area contributed by atoms with Crippen LogP contribution in [0.25, 0.3) is 0 Å². The molecule has 1 amide bonds. The lowest BCUT2D eigenvalue weighted by molar-refractivity contribution is -0.137. The van der Waals surface area contributed by atoms with E-state index < -0.39 is 5.97 Å². The van der Waals surface area contributed by atoms with Gasteiger partial charge in [0, 0.05) is 12.0 Å². The summed E-state index contributed by atoms with van der Waals surface area (Å²) in [4.78, 5) is 26.1. The Kier molecular flexibility index (Phi) is 4.31. The predicted molar refractivity (Wildman–Crippen MR) is 70.6 cm³/mol. The van der Waals surface area contributed by atoms with Gasteiger partial charge in [-0.15, -0.1) is 5.10 Å². The summed E-state index contributed by atoms with van der Waals surface area (Å²) in [5, 5.41) is 18.8. The fraction of sp³-hybridized carbons (Fsp3) is 0.417. The molecule has 0 radical (unpaired) electrons. The second-order valence-electron chi connectivity index (χ2n) is 4.51. The van der Waals surface area contributed by atoms with Crippen LogP contribution in [0.4, 0.5) is 5.95 Å². The van der Waals surface area contributed by atoms with Gasteiger partial charge in [-0.1, -0.05) is 5.16 Å². The van der Waals surface area contributed by atoms with Crippen molar-refractivity contribution in [2.45, 2.75) is 33.2 Å². The molecule has 0 aliphatic rings. The maximum Gasteiger partial charge on any atom is 0.325 e. The fourth-order valence-corrected chi connectivity index (χ4v) is 1.85. The molecule has 0 spiro atoms. The van der Waals surface area contributed by atoms with Gasteiger partial charge < -0.3 is 9.63 Å². The summed E-state index contributed by atoms with van der Waals surface area (Å²) in [7, 11) is 0. The largest absolute Gasteiger partial charge is 0.480 e. The first-order valence-corrected chi connectivity index (χ1v) is 6.28. The lowest BCUT2D eigenvalue weighted by atomic mass is 10.1. The second kappa shape index (κ2) is 6.16. The standard InChI is InChI=1S/C12H15N5O4/c1-7-9(8(2)21-16-7)3-4-10(18)14-12-13-6-17(15-12)5-11(19)20/h6H,3-5H2,1-2H3,(H,19,20)(H,14,15,18). The minimum atomic E-state index is -1.03. The van der Waals surface area contributed by atoms with Gasteiger partial charge >= 0.3 is 5.97 Å². The molecule has 9 heteroatoms. The molecule has 2 aromatic rings. The number of hydrogen-bond donors (Lipinski definition) is 2. The van der Waals surface area contributed by atoms with Crippen molar-refractivity contribution in [2.24, 2.45) is 0 Å². The van der Waals surface area contributed by atoms with Crippen molar-refractivity contribution in [2.75, 3.05) is 5.32 Å². The number of carbonyl (C=O) groups excluding carboxylic acids is 1. The molecule has 9 nitrogen and oxygen atoms in total. The van der Waals surface area contributed by atoms with E-state index in [2.05, 4.69) is 20.6 Å². The zero-order chi connectivity index (χ0) is 15.4. The number of amides is 1. The Morgan fingerprint density at radius 1 is 1.43 bits per heavy atom. The molecule has 0 atom stereocenters. The van der Waals surface area contributed by atoms with Gasteiger partial charge in [0.15, 0.2) is 0 Å². The van der Waals surface area contributed by atoms with Crippen LogP contribution in [-0.2, 0) is 22.6 Å². The number of hydrogen-bond acceptors (Lipinski definition) is 6. The Balaban J connectivity index is 1.87. The number of carbonyl (C=O) groups is 2. The van der Waals surface area contributed by atoms with Crippen LogP contribution in [0.1, 0.15) is 23.4 Å². The minimum Gasteiger partial charge on any atom is -0.480 e. The summed E-state index contributed by atoms with van der Waals surface area (Å²) in [5.41, 5.74) is 1.68. The third-order valence-electron chi connectivity index (χ3n) is 2.87. The zero-order valence-electron chi connectivity index (χ0n) is 11.7. The van der Waals surface area contributed by atoms with E-state index in [9.17, 15) is 9.59 Å². The van der Waals surface area contributed by atoms with Crippen LogP contribution in [0.15, 0.2) is 10.9 Å². The van der Waals surface area contributed by atoms with Crippen molar-refractivity contribution in [3.05, 3.63) is 23.3 Å². The maximum absolute atomic E-state index is 11.8. The van der Waals surface area contributed by atoms with Crippen molar-refractivity contribution in [3.8, 4) is 0 Å². The molecule has 2 N–H and O–H groups in total. The van der Waals surface area contributed by atoms with Gasteiger partial charge in [-0.05, 0) is 20.3 Å². The molecular formula is C12H15N5O4. The maximum atomic E-state index is 11.8. The number of anilines is 1. The van der Waals surface area contributed by atoms with Gasteiger partial charge in [-0.25, -0.2) is 9.67 Å². The first-order valence-electron chi connectivity index (χ1n) is 6.28. The Morgan fingerprint density at radius 3 is 2.81 bits per heavy atom. The third kappa shape index (κ3) is 3.88. The van der Waals surface area contributed by atoms with E-state index in [1.807, 2.05) is 6.92 Å². The van der Waals surface area contributed by atoms with Crippen molar-refractivity contribution < 1.29 is 19.2 Å². The molecule has 0 aliphatic carbocycles. The molecule has 0 unspecified atom stereocenters. The second-order valence-corrected chi connectivity index (χ2v) is 4.51. The van der Waals surface area contributed by atoms with E-state index in [1.165, 1.54) is 6.33 Å². The summed E-state index contributed by atoms with van der Waals surface area (Å²) in [5.74, 6) is -0.511. The first-order chi connectivity index (χ1) is 9.95. The van der Waals surface area contributed by atoms with Crippen molar-refractivity contribution in [3.63, 3.8) is 0 Å². The molecule has 0 saturated carbocycles. The van der Waals surface area contributed by atoms with Crippen LogP contribution in [0.5, 0.6) is 0 Å². The van der Waals surface area contributed by atoms with Crippen LogP contribution in [0, 0.1) is 13.8 Å². The number of nitrogens with one attached hydrogen (secondary N) is 1. The van der Waals surface area contributed by atoms with Crippen molar-refractivity contribution in [1.82, 2.24) is 19.9 Å². The van der Waals surface area contributed by atoms with Gasteiger partial charge in [0.1, 0.15) is 18.6 Å². The Morgan fingerprint density at radius 2 is 2.19 bits per heavy atom. The normalized spacial score (nSPS) is 10.6. The summed E-state index contributed by atoms with van der Waals surface area (Å²) < 4.78 is 6.15. The van der Waals surface area contributed by atoms with E-state index in [0.717, 1.165) is 15.9 Å². The molecule has 21 heavy (non-hydrogen) atoms. The molecular weight excluding hydrogens is 278 g/mol. The molecule has 2 rings (SSSR count). The first kappa shape index (κ1) is 14.7. The number of rotatable bonds is 6. The van der Waals surface area contributed by atoms with Gasteiger partial charge in [-0.3, -0.25) is 14.9 Å². The molecule has 0 aromatic carbocycles. The zero-order valence-corrected chi connectivity index (χ0v) is 11.7. The number of carboxylic acids is 1. The molecule has 0 aliphatic heterocycles. The highest BCUT2D eigenvalue weighted by molar-refractivity contribution is 5.89. The fourth-order valence-electron chi connectivity index (χ4n) is 1.85. The monoisotopic (exact) mass is 293 g/mol. The summed E-state index contributed by atoms with van der Waals surface area (Å²) >= 11 is 0. The predicted octanol–water partition coefficient (Wildman–Crippen LogP) is 0.539. The van der Waals surface area contributed by atoms with E-state index in [-0.39, 0.29) is 24.8 Å². The quantitative estimate of drug-likeness (QED) is 0.796. The highest BCUT2D eigenvalue weighted by atomic mass is 16.5. The average molecular weight is 293 g/mol. The Bertz CT molecular complexity index is 641. The Labute approximate surface area is 120 Å². The molecule has 2 heterocycles. The van der Waals surface area contributed by atoms with Crippen molar-refractivity contribution >= 4 is 17.8 Å². The summed E-state index contributed by atoms with van der Waals surface area (Å²) in [6.45, 7) is 3.31. The van der Waals surface area contributed by atoms with Gasteiger partial charge in [0.05, 0.1) is 5.69 Å². The van der Waals surface area contributed by atoms with Crippen LogP contribution >= 0.6 is 0 Å². The number of carboxylic acid groups (broad SMARTS) is 1. The van der Waals surface area contributed by atoms with Gasteiger partial charge in [-0.2, -0.15) is 0 Å². The number of aliphatic carboxylic acids is 1. The lowest BCUT2D eigenvalue weighted by Crippen LogP contribution is -2.15. The van der Waals surface area contributed by atoms with Crippen molar-refractivity contribution in [1.29, 1.82) is 0 Å². The number of aryl methyl sites for hydroxylation is 2.